The Hall–Kier alpha value is -3.28. The van der Waals surface area contributed by atoms with E-state index in [0.717, 1.165) is 44.9 Å². The SMILES string of the molecule is C=CCNC(=O)C(=O)[C@@H]1CCCCCCCCC[C@H](NC(=O)N[C@H](CN2CCC(C)(C)CC2=O)C(C)(C)C)C(=O)[N+]2(C)CC3[C@@H]([C@H]2C(=O)N1)C3(C)C. The number of quaternary nitrogens is 1. The van der Waals surface area contributed by atoms with E-state index in [0.29, 0.717) is 45.3 Å². The van der Waals surface area contributed by atoms with Crippen molar-refractivity contribution in [1.82, 2.24) is 26.2 Å². The van der Waals surface area contributed by atoms with Crippen molar-refractivity contribution in [2.24, 2.45) is 28.1 Å². The van der Waals surface area contributed by atoms with E-state index in [1.807, 2.05) is 25.7 Å². The molecule has 3 aliphatic heterocycles. The van der Waals surface area contributed by atoms with Gasteiger partial charge >= 0.3 is 11.9 Å². The number of ketones is 1. The first kappa shape index (κ1) is 41.5. The smallest absolute Gasteiger partial charge is 0.336 e. The van der Waals surface area contributed by atoms with Crippen LogP contribution in [-0.2, 0) is 24.0 Å². The number of hydrogen-bond acceptors (Lipinski definition) is 6. The first-order chi connectivity index (χ1) is 24.2. The first-order valence-corrected chi connectivity index (χ1v) is 19.7. The lowest BCUT2D eigenvalue weighted by atomic mass is 9.81. The van der Waals surface area contributed by atoms with Crippen LogP contribution >= 0.6 is 0 Å². The fraction of sp³-hybridized carbons (Fsp3) is 0.800. The number of urea groups is 1. The molecule has 4 aliphatic rings. The predicted molar refractivity (Wildman–Crippen MR) is 201 cm³/mol. The second kappa shape index (κ2) is 16.4. The normalized spacial score (nSPS) is 31.7. The van der Waals surface area contributed by atoms with E-state index in [-0.39, 0.29) is 57.0 Å². The highest BCUT2D eigenvalue weighted by Gasteiger charge is 2.76. The minimum Gasteiger partial charge on any atom is -0.346 e. The summed E-state index contributed by atoms with van der Waals surface area (Å²) in [7, 11) is 1.79. The number of likely N-dealkylation sites (tertiary alicyclic amines) is 1. The van der Waals surface area contributed by atoms with Crippen LogP contribution in [0.5, 0.6) is 0 Å². The van der Waals surface area contributed by atoms with Crippen LogP contribution in [0.1, 0.15) is 119 Å². The van der Waals surface area contributed by atoms with Gasteiger partial charge in [-0.25, -0.2) is 9.59 Å². The highest BCUT2D eigenvalue weighted by molar-refractivity contribution is 6.38. The molecule has 3 saturated heterocycles. The molecule has 0 spiro atoms. The number of piperidine rings is 2. The van der Waals surface area contributed by atoms with E-state index >= 15 is 0 Å². The molecule has 292 valence electrons. The van der Waals surface area contributed by atoms with Gasteiger partial charge in [-0.3, -0.25) is 23.7 Å². The highest BCUT2D eigenvalue weighted by Crippen LogP contribution is 2.66. The van der Waals surface area contributed by atoms with E-state index in [2.05, 4.69) is 55.5 Å². The molecule has 12 nitrogen and oxygen atoms in total. The van der Waals surface area contributed by atoms with Gasteiger partial charge in [-0.2, -0.15) is 0 Å². The number of nitrogens with one attached hydrogen (secondary N) is 4. The fourth-order valence-electron chi connectivity index (χ4n) is 8.90. The van der Waals surface area contributed by atoms with Crippen molar-refractivity contribution in [1.29, 1.82) is 0 Å². The summed E-state index contributed by atoms with van der Waals surface area (Å²) >= 11 is 0. The second-order valence-corrected chi connectivity index (χ2v) is 18.7. The third kappa shape index (κ3) is 9.63. The minimum absolute atomic E-state index is 0.0458. The number of likely N-dealkylation sites (N-methyl/N-ethyl adjacent to an activating group) is 1. The number of carbonyl (C=O) groups excluding carboxylic acids is 6. The average Bonchev–Trinajstić information content (AvgIpc) is 3.37. The number of amides is 6. The van der Waals surface area contributed by atoms with Gasteiger partial charge in [0.1, 0.15) is 6.04 Å². The van der Waals surface area contributed by atoms with Crippen LogP contribution in [0.25, 0.3) is 0 Å². The lowest BCUT2D eigenvalue weighted by molar-refractivity contribution is -0.845. The lowest BCUT2D eigenvalue weighted by Gasteiger charge is -2.41. The topological polar surface area (TPSA) is 154 Å². The molecule has 2 unspecified atom stereocenters. The lowest BCUT2D eigenvalue weighted by Crippen LogP contribution is -2.67. The van der Waals surface area contributed by atoms with Gasteiger partial charge in [0, 0.05) is 37.9 Å². The van der Waals surface area contributed by atoms with Crippen molar-refractivity contribution in [3.05, 3.63) is 12.7 Å². The maximum atomic E-state index is 14.8. The number of carbonyl (C=O) groups is 6. The van der Waals surface area contributed by atoms with Gasteiger partial charge in [0.05, 0.1) is 25.7 Å². The molecular weight excluding hydrogens is 660 g/mol. The van der Waals surface area contributed by atoms with Gasteiger partial charge < -0.3 is 26.2 Å². The number of nitrogens with zero attached hydrogens (tertiary/aromatic N) is 2. The molecule has 4 rings (SSSR count). The van der Waals surface area contributed by atoms with E-state index in [1.54, 1.807) is 7.05 Å². The molecule has 4 fully saturated rings. The summed E-state index contributed by atoms with van der Waals surface area (Å²) < 4.78 is -0.181. The Kier molecular flexibility index (Phi) is 13.1. The first-order valence-electron chi connectivity index (χ1n) is 19.7. The second-order valence-electron chi connectivity index (χ2n) is 18.7. The van der Waals surface area contributed by atoms with Crippen LogP contribution in [0.3, 0.4) is 0 Å². The largest absolute Gasteiger partial charge is 0.346 e. The van der Waals surface area contributed by atoms with E-state index in [9.17, 15) is 28.8 Å². The standard InChI is InChI=1S/C40H66N6O6/c1-10-21-41-35(50)33(48)27-18-16-14-12-11-13-15-17-19-28(36(51)46(9)25-26-31(40(26,7)8)32(46)34(49)42-27)43-37(52)44-29(38(2,3)4)24-45-22-20-39(5,6)23-30(45)47/h10,26-29,31-32H,1,11-25H2,2-9H3,(H3-,41,42,43,44,49,50,52)/p+1/t26?,27-,28-,29+,31-,32-,46?/m0/s1. The molecule has 0 aromatic rings. The molecule has 6 amide bonds. The van der Waals surface area contributed by atoms with Crippen molar-refractivity contribution in [2.45, 2.75) is 143 Å². The molecule has 1 saturated carbocycles. The summed E-state index contributed by atoms with van der Waals surface area (Å²) in [4.78, 5) is 84.0. The molecular formula is C40H67N6O6+. The number of rotatable bonds is 8. The Bertz CT molecular complexity index is 1390. The Balaban J connectivity index is 1.58. The molecule has 1 aliphatic carbocycles. The van der Waals surface area contributed by atoms with Crippen LogP contribution in [0.15, 0.2) is 12.7 Å². The van der Waals surface area contributed by atoms with Crippen LogP contribution in [0.4, 0.5) is 4.79 Å². The van der Waals surface area contributed by atoms with Crippen LogP contribution < -0.4 is 21.3 Å². The minimum atomic E-state index is -0.999. The van der Waals surface area contributed by atoms with Gasteiger partial charge in [-0.15, -0.1) is 6.58 Å². The average molecular weight is 728 g/mol. The Labute approximate surface area is 311 Å². The zero-order valence-corrected chi connectivity index (χ0v) is 33.2. The van der Waals surface area contributed by atoms with Gasteiger partial charge in [-0.05, 0) is 35.5 Å². The van der Waals surface area contributed by atoms with Crippen molar-refractivity contribution >= 4 is 35.4 Å². The number of Topliss-reactive ketones (excluding diaryl/α,β-unsaturated/α-hetero) is 1. The molecule has 0 aromatic heterocycles. The maximum absolute atomic E-state index is 14.8. The molecule has 12 heteroatoms. The maximum Gasteiger partial charge on any atom is 0.336 e. The zero-order chi connectivity index (χ0) is 38.6. The van der Waals surface area contributed by atoms with Crippen molar-refractivity contribution in [3.8, 4) is 0 Å². The van der Waals surface area contributed by atoms with Gasteiger partial charge in [-0.1, -0.05) is 99.5 Å². The summed E-state index contributed by atoms with van der Waals surface area (Å²) in [6, 6.07) is -3.43. The van der Waals surface area contributed by atoms with Crippen LogP contribution in [-0.4, -0.2) is 102 Å². The molecule has 0 radical (unpaired) electrons. The summed E-state index contributed by atoms with van der Waals surface area (Å²) in [5, 5.41) is 11.6. The van der Waals surface area contributed by atoms with E-state index in [1.165, 1.54) is 6.08 Å². The summed E-state index contributed by atoms with van der Waals surface area (Å²) in [6.07, 6.45) is 9.79. The van der Waals surface area contributed by atoms with Gasteiger partial charge in [0.2, 0.25) is 11.7 Å². The van der Waals surface area contributed by atoms with Crippen molar-refractivity contribution in [3.63, 3.8) is 0 Å². The fourth-order valence-corrected chi connectivity index (χ4v) is 8.90. The van der Waals surface area contributed by atoms with Crippen molar-refractivity contribution in [2.75, 3.05) is 33.2 Å². The number of fused-ring (bicyclic) bond motifs is 3. The van der Waals surface area contributed by atoms with E-state index in [4.69, 9.17) is 0 Å². The van der Waals surface area contributed by atoms with Gasteiger partial charge in [0.25, 0.3) is 11.8 Å². The Morgan fingerprint density at radius 2 is 1.62 bits per heavy atom. The summed E-state index contributed by atoms with van der Waals surface area (Å²) in [5.41, 5.74) is -0.575. The van der Waals surface area contributed by atoms with Gasteiger partial charge in [0.15, 0.2) is 6.04 Å². The third-order valence-electron chi connectivity index (χ3n) is 12.6. The number of hydrogen-bond donors (Lipinski definition) is 4. The molecule has 7 atom stereocenters. The zero-order valence-electron chi connectivity index (χ0n) is 33.2. The Morgan fingerprint density at radius 1 is 1.00 bits per heavy atom. The van der Waals surface area contributed by atoms with E-state index < -0.39 is 41.8 Å². The molecule has 0 bridgehead atoms. The molecule has 4 N–H and O–H groups in total. The summed E-state index contributed by atoms with van der Waals surface area (Å²) in [5.74, 6) is -1.96. The monoisotopic (exact) mass is 728 g/mol. The highest BCUT2D eigenvalue weighted by atomic mass is 16.2. The molecule has 52 heavy (non-hydrogen) atoms. The molecule has 0 aromatic carbocycles. The van der Waals surface area contributed by atoms with Crippen molar-refractivity contribution < 1.29 is 33.3 Å². The van der Waals surface area contributed by atoms with Crippen LogP contribution in [0, 0.1) is 28.1 Å². The molecule has 3 heterocycles. The van der Waals surface area contributed by atoms with Crippen LogP contribution in [0.2, 0.25) is 0 Å². The quantitative estimate of drug-likeness (QED) is 0.167. The third-order valence-corrected chi connectivity index (χ3v) is 12.6. The predicted octanol–water partition coefficient (Wildman–Crippen LogP) is 4.23. The Morgan fingerprint density at radius 3 is 2.21 bits per heavy atom. The summed E-state index contributed by atoms with van der Waals surface area (Å²) in [6.45, 7) is 19.7.